The van der Waals surface area contributed by atoms with E-state index in [1.54, 1.807) is 17.0 Å². The van der Waals surface area contributed by atoms with Crippen LogP contribution in [0.3, 0.4) is 0 Å². The van der Waals surface area contributed by atoms with Crippen molar-refractivity contribution >= 4 is 27.7 Å². The molecule has 0 bridgehead atoms. The van der Waals surface area contributed by atoms with Gasteiger partial charge < -0.3 is 16.0 Å². The van der Waals surface area contributed by atoms with Crippen molar-refractivity contribution in [3.63, 3.8) is 0 Å². The van der Waals surface area contributed by atoms with Crippen LogP contribution in [-0.4, -0.2) is 35.8 Å². The summed E-state index contributed by atoms with van der Waals surface area (Å²) in [6, 6.07) is 25.9. The van der Waals surface area contributed by atoms with Crippen molar-refractivity contribution in [2.75, 3.05) is 13.1 Å². The van der Waals surface area contributed by atoms with Crippen LogP contribution in [-0.2, 0) is 17.8 Å². The molecule has 0 aliphatic carbocycles. The molecule has 0 aromatic heterocycles. The molecule has 0 radical (unpaired) electrons. The molecule has 32 heavy (non-hydrogen) atoms. The van der Waals surface area contributed by atoms with E-state index in [4.69, 9.17) is 5.73 Å². The highest BCUT2D eigenvalue weighted by Gasteiger charge is 2.26. The van der Waals surface area contributed by atoms with Crippen LogP contribution in [0.25, 0.3) is 0 Å². The summed E-state index contributed by atoms with van der Waals surface area (Å²) in [7, 11) is 0. The standard InChI is InChI=1S/C26H28BrN3O2/c27-23-14-12-21(13-15-23)19-30(17-7-16-28)26(32)24(18-20-8-3-1-4-9-20)29-25(31)22-10-5-2-6-11-22/h1-6,8-15,24H,7,16-19,28H2,(H,29,31)/t24-/m0/s1. The third-order valence-corrected chi connectivity index (χ3v) is 5.68. The lowest BCUT2D eigenvalue weighted by atomic mass is 10.0. The van der Waals surface area contributed by atoms with Crippen LogP contribution in [0.5, 0.6) is 0 Å². The highest BCUT2D eigenvalue weighted by molar-refractivity contribution is 9.10. The van der Waals surface area contributed by atoms with Gasteiger partial charge in [0.05, 0.1) is 0 Å². The largest absolute Gasteiger partial charge is 0.340 e. The van der Waals surface area contributed by atoms with Crippen LogP contribution in [0.1, 0.15) is 27.9 Å². The van der Waals surface area contributed by atoms with Crippen molar-refractivity contribution in [3.05, 3.63) is 106 Å². The van der Waals surface area contributed by atoms with Crippen molar-refractivity contribution in [2.24, 2.45) is 5.73 Å². The van der Waals surface area contributed by atoms with Gasteiger partial charge in [-0.3, -0.25) is 9.59 Å². The number of carbonyl (C=O) groups excluding carboxylic acids is 2. The Kier molecular flexibility index (Phi) is 9.01. The first-order valence-corrected chi connectivity index (χ1v) is 11.5. The second-order valence-electron chi connectivity index (χ2n) is 7.61. The van der Waals surface area contributed by atoms with Crippen LogP contribution in [0.2, 0.25) is 0 Å². The number of halogens is 1. The van der Waals surface area contributed by atoms with Gasteiger partial charge in [-0.2, -0.15) is 0 Å². The van der Waals surface area contributed by atoms with Crippen molar-refractivity contribution in [1.82, 2.24) is 10.2 Å². The Balaban J connectivity index is 1.83. The second-order valence-corrected chi connectivity index (χ2v) is 8.53. The zero-order chi connectivity index (χ0) is 22.8. The number of nitrogens with two attached hydrogens (primary N) is 1. The highest BCUT2D eigenvalue weighted by Crippen LogP contribution is 2.15. The van der Waals surface area contributed by atoms with E-state index in [1.165, 1.54) is 0 Å². The average Bonchev–Trinajstić information content (AvgIpc) is 2.83. The van der Waals surface area contributed by atoms with Gasteiger partial charge in [-0.15, -0.1) is 0 Å². The topological polar surface area (TPSA) is 75.4 Å². The maximum Gasteiger partial charge on any atom is 0.251 e. The molecule has 3 aromatic carbocycles. The van der Waals surface area contributed by atoms with Gasteiger partial charge in [0, 0.05) is 29.5 Å². The van der Waals surface area contributed by atoms with Gasteiger partial charge in [0.2, 0.25) is 5.91 Å². The third-order valence-electron chi connectivity index (χ3n) is 5.15. The number of amides is 2. The molecule has 0 saturated heterocycles. The monoisotopic (exact) mass is 493 g/mol. The summed E-state index contributed by atoms with van der Waals surface area (Å²) < 4.78 is 0.984. The molecule has 0 aliphatic heterocycles. The van der Waals surface area contributed by atoms with Gasteiger partial charge in [-0.1, -0.05) is 76.6 Å². The van der Waals surface area contributed by atoms with Crippen molar-refractivity contribution in [3.8, 4) is 0 Å². The molecule has 0 saturated carbocycles. The van der Waals surface area contributed by atoms with Crippen LogP contribution in [0.15, 0.2) is 89.4 Å². The number of nitrogens with zero attached hydrogens (tertiary/aromatic N) is 1. The first kappa shape index (κ1) is 23.7. The van der Waals surface area contributed by atoms with Gasteiger partial charge in [-0.05, 0) is 48.4 Å². The first-order valence-electron chi connectivity index (χ1n) is 10.7. The van der Waals surface area contributed by atoms with Crippen LogP contribution in [0.4, 0.5) is 0 Å². The third kappa shape index (κ3) is 7.04. The molecule has 5 nitrogen and oxygen atoms in total. The highest BCUT2D eigenvalue weighted by atomic mass is 79.9. The fourth-order valence-electron chi connectivity index (χ4n) is 3.46. The predicted octanol–water partition coefficient (Wildman–Crippen LogP) is 4.17. The molecule has 0 fully saturated rings. The quantitative estimate of drug-likeness (QED) is 0.445. The Labute approximate surface area is 197 Å². The van der Waals surface area contributed by atoms with E-state index < -0.39 is 6.04 Å². The van der Waals surface area contributed by atoms with Crippen LogP contribution >= 0.6 is 15.9 Å². The number of nitrogens with one attached hydrogen (secondary N) is 1. The summed E-state index contributed by atoms with van der Waals surface area (Å²) in [4.78, 5) is 28.3. The lowest BCUT2D eigenvalue weighted by Crippen LogP contribution is -2.50. The molecule has 1 atom stereocenters. The molecule has 6 heteroatoms. The summed E-state index contributed by atoms with van der Waals surface area (Å²) in [6.45, 7) is 1.47. The van der Waals surface area contributed by atoms with Gasteiger partial charge >= 0.3 is 0 Å². The van der Waals surface area contributed by atoms with E-state index in [9.17, 15) is 9.59 Å². The molecule has 3 aromatic rings. The normalized spacial score (nSPS) is 11.6. The van der Waals surface area contributed by atoms with Crippen molar-refractivity contribution < 1.29 is 9.59 Å². The van der Waals surface area contributed by atoms with Gasteiger partial charge in [0.15, 0.2) is 0 Å². The first-order chi connectivity index (χ1) is 15.6. The molecule has 0 spiro atoms. The fraction of sp³-hybridized carbons (Fsp3) is 0.231. The molecular formula is C26H28BrN3O2. The summed E-state index contributed by atoms with van der Waals surface area (Å²) in [6.07, 6.45) is 1.10. The Bertz CT molecular complexity index is 995. The SMILES string of the molecule is NCCCN(Cc1ccc(Br)cc1)C(=O)[C@H](Cc1ccccc1)NC(=O)c1ccccc1. The number of benzene rings is 3. The minimum atomic E-state index is -0.682. The number of hydrogen-bond acceptors (Lipinski definition) is 3. The molecule has 0 unspecified atom stereocenters. The zero-order valence-electron chi connectivity index (χ0n) is 17.9. The van der Waals surface area contributed by atoms with E-state index in [-0.39, 0.29) is 11.8 Å². The van der Waals surface area contributed by atoms with Crippen molar-refractivity contribution in [2.45, 2.75) is 25.4 Å². The summed E-state index contributed by atoms with van der Waals surface area (Å²) in [5.41, 5.74) is 8.27. The zero-order valence-corrected chi connectivity index (χ0v) is 19.5. The van der Waals surface area contributed by atoms with Crippen LogP contribution in [0, 0.1) is 0 Å². The second kappa shape index (κ2) is 12.2. The van der Waals surface area contributed by atoms with Crippen molar-refractivity contribution in [1.29, 1.82) is 0 Å². The Hall–Kier alpha value is -2.96. The number of carbonyl (C=O) groups is 2. The summed E-state index contributed by atoms with van der Waals surface area (Å²) >= 11 is 3.45. The average molecular weight is 494 g/mol. The van der Waals surface area contributed by atoms with E-state index in [1.807, 2.05) is 72.8 Å². The smallest absolute Gasteiger partial charge is 0.251 e. The van der Waals surface area contributed by atoms with E-state index >= 15 is 0 Å². The van der Waals surface area contributed by atoms with Gasteiger partial charge in [0.1, 0.15) is 6.04 Å². The van der Waals surface area contributed by atoms with Gasteiger partial charge in [-0.25, -0.2) is 0 Å². The molecule has 0 aliphatic rings. The molecule has 2 amide bonds. The molecular weight excluding hydrogens is 466 g/mol. The summed E-state index contributed by atoms with van der Waals surface area (Å²) in [5.74, 6) is -0.378. The number of rotatable bonds is 10. The van der Waals surface area contributed by atoms with E-state index in [0.29, 0.717) is 38.0 Å². The minimum absolute atomic E-state index is 0.116. The maximum absolute atomic E-state index is 13.7. The predicted molar refractivity (Wildman–Crippen MR) is 131 cm³/mol. The minimum Gasteiger partial charge on any atom is -0.340 e. The molecule has 3 rings (SSSR count). The van der Waals surface area contributed by atoms with E-state index in [0.717, 1.165) is 15.6 Å². The Morgan fingerprint density at radius 3 is 2.12 bits per heavy atom. The molecule has 3 N–H and O–H groups in total. The molecule has 0 heterocycles. The lowest BCUT2D eigenvalue weighted by Gasteiger charge is -2.28. The lowest BCUT2D eigenvalue weighted by molar-refractivity contribution is -0.134. The van der Waals surface area contributed by atoms with Crippen LogP contribution < -0.4 is 11.1 Å². The Morgan fingerprint density at radius 2 is 1.50 bits per heavy atom. The maximum atomic E-state index is 13.7. The van der Waals surface area contributed by atoms with E-state index in [2.05, 4.69) is 21.2 Å². The van der Waals surface area contributed by atoms with Gasteiger partial charge in [0.25, 0.3) is 5.91 Å². The fourth-order valence-corrected chi connectivity index (χ4v) is 3.73. The number of hydrogen-bond donors (Lipinski definition) is 2. The summed E-state index contributed by atoms with van der Waals surface area (Å²) in [5, 5.41) is 2.96. The Morgan fingerprint density at radius 1 is 0.875 bits per heavy atom. The molecule has 166 valence electrons.